The van der Waals surface area contributed by atoms with Gasteiger partial charge in [-0.2, -0.15) is 0 Å². The molecular formula is C12H8N2O6. The third-order valence-corrected chi connectivity index (χ3v) is 2.36. The molecule has 0 saturated carbocycles. The first-order valence-electron chi connectivity index (χ1n) is 5.36. The van der Waals surface area contributed by atoms with Crippen molar-refractivity contribution in [2.75, 3.05) is 5.32 Å². The summed E-state index contributed by atoms with van der Waals surface area (Å²) in [5.41, 5.74) is 0.252. The van der Waals surface area contributed by atoms with Crippen molar-refractivity contribution in [3.05, 3.63) is 57.8 Å². The molecule has 102 valence electrons. The lowest BCUT2D eigenvalue weighted by atomic mass is 10.2. The van der Waals surface area contributed by atoms with E-state index in [4.69, 9.17) is 9.52 Å². The maximum Gasteiger partial charge on any atom is 0.433 e. The zero-order valence-corrected chi connectivity index (χ0v) is 9.90. The SMILES string of the molecule is O=C(O)c1cccc(NC(=O)c2ccc([N+](=O)[O-])o2)c1. The fourth-order valence-electron chi connectivity index (χ4n) is 1.47. The first kappa shape index (κ1) is 13.3. The van der Waals surface area contributed by atoms with Crippen LogP contribution in [-0.4, -0.2) is 21.9 Å². The number of hydrogen-bond acceptors (Lipinski definition) is 5. The van der Waals surface area contributed by atoms with Gasteiger partial charge in [0.2, 0.25) is 0 Å². The van der Waals surface area contributed by atoms with Crippen LogP contribution in [0.4, 0.5) is 11.6 Å². The maximum atomic E-state index is 11.8. The Hall–Kier alpha value is -3.16. The molecule has 1 amide bonds. The van der Waals surface area contributed by atoms with Crippen LogP contribution in [0.2, 0.25) is 0 Å². The number of furan rings is 1. The van der Waals surface area contributed by atoms with Gasteiger partial charge < -0.3 is 14.8 Å². The molecule has 1 aromatic heterocycles. The summed E-state index contributed by atoms with van der Waals surface area (Å²) >= 11 is 0. The van der Waals surface area contributed by atoms with Gasteiger partial charge in [0.05, 0.1) is 11.6 Å². The van der Waals surface area contributed by atoms with Gasteiger partial charge in [-0.3, -0.25) is 14.9 Å². The van der Waals surface area contributed by atoms with Crippen molar-refractivity contribution in [2.45, 2.75) is 0 Å². The van der Waals surface area contributed by atoms with Crippen LogP contribution in [0.25, 0.3) is 0 Å². The molecule has 0 unspecified atom stereocenters. The Kier molecular flexibility index (Phi) is 3.47. The van der Waals surface area contributed by atoms with Gasteiger partial charge in [0.25, 0.3) is 5.91 Å². The van der Waals surface area contributed by atoms with Crippen molar-refractivity contribution in [1.29, 1.82) is 0 Å². The quantitative estimate of drug-likeness (QED) is 0.651. The zero-order chi connectivity index (χ0) is 14.7. The minimum atomic E-state index is -1.13. The topological polar surface area (TPSA) is 123 Å². The minimum absolute atomic E-state index is 0.00762. The Bertz CT molecular complexity index is 691. The van der Waals surface area contributed by atoms with Crippen molar-refractivity contribution in [1.82, 2.24) is 0 Å². The number of carbonyl (C=O) groups is 2. The Labute approximate surface area is 111 Å². The summed E-state index contributed by atoms with van der Waals surface area (Å²) in [4.78, 5) is 32.2. The summed E-state index contributed by atoms with van der Waals surface area (Å²) in [6.45, 7) is 0. The highest BCUT2D eigenvalue weighted by molar-refractivity contribution is 6.03. The third-order valence-electron chi connectivity index (χ3n) is 2.36. The number of carboxylic acid groups (broad SMARTS) is 1. The van der Waals surface area contributed by atoms with E-state index in [1.54, 1.807) is 0 Å². The second-order valence-corrected chi connectivity index (χ2v) is 3.74. The summed E-state index contributed by atoms with van der Waals surface area (Å²) in [7, 11) is 0. The molecule has 0 aliphatic carbocycles. The smallest absolute Gasteiger partial charge is 0.433 e. The second-order valence-electron chi connectivity index (χ2n) is 3.74. The van der Waals surface area contributed by atoms with Crippen molar-refractivity contribution < 1.29 is 24.0 Å². The number of carboxylic acids is 1. The number of nitro groups is 1. The number of carbonyl (C=O) groups excluding carboxylic acids is 1. The highest BCUT2D eigenvalue weighted by Gasteiger charge is 2.17. The molecule has 8 heteroatoms. The van der Waals surface area contributed by atoms with Crippen molar-refractivity contribution in [2.24, 2.45) is 0 Å². The predicted octanol–water partition coefficient (Wildman–Crippen LogP) is 2.14. The van der Waals surface area contributed by atoms with Gasteiger partial charge in [-0.25, -0.2) is 4.79 Å². The number of nitrogens with zero attached hydrogens (tertiary/aromatic N) is 1. The van der Waals surface area contributed by atoms with Gasteiger partial charge in [-0.15, -0.1) is 0 Å². The van der Waals surface area contributed by atoms with Crippen molar-refractivity contribution >= 4 is 23.4 Å². The van der Waals surface area contributed by atoms with E-state index >= 15 is 0 Å². The third kappa shape index (κ3) is 2.80. The average Bonchev–Trinajstić information content (AvgIpc) is 2.88. The molecule has 2 rings (SSSR count). The maximum absolute atomic E-state index is 11.8. The van der Waals surface area contributed by atoms with E-state index in [2.05, 4.69) is 5.32 Å². The van der Waals surface area contributed by atoms with E-state index in [-0.39, 0.29) is 17.0 Å². The molecule has 0 aliphatic rings. The predicted molar refractivity (Wildman–Crippen MR) is 66.7 cm³/mol. The van der Waals surface area contributed by atoms with Gasteiger partial charge in [-0.05, 0) is 24.3 Å². The number of nitrogens with one attached hydrogen (secondary N) is 1. The Morgan fingerprint density at radius 3 is 2.60 bits per heavy atom. The Morgan fingerprint density at radius 2 is 2.00 bits per heavy atom. The highest BCUT2D eigenvalue weighted by atomic mass is 16.6. The molecular weight excluding hydrogens is 268 g/mol. The van der Waals surface area contributed by atoms with Crippen LogP contribution in [0.3, 0.4) is 0 Å². The molecule has 0 radical (unpaired) electrons. The van der Waals surface area contributed by atoms with E-state index in [0.717, 1.165) is 12.1 Å². The lowest BCUT2D eigenvalue weighted by Gasteiger charge is -2.03. The summed E-state index contributed by atoms with van der Waals surface area (Å²) < 4.78 is 4.73. The largest absolute Gasteiger partial charge is 0.478 e. The van der Waals surface area contributed by atoms with Crippen molar-refractivity contribution in [3.8, 4) is 0 Å². The van der Waals surface area contributed by atoms with Gasteiger partial charge >= 0.3 is 11.9 Å². The van der Waals surface area contributed by atoms with Crippen molar-refractivity contribution in [3.63, 3.8) is 0 Å². The Balaban J connectivity index is 2.16. The number of rotatable bonds is 4. The fraction of sp³-hybridized carbons (Fsp3) is 0. The molecule has 1 aromatic carbocycles. The number of amides is 1. The lowest BCUT2D eigenvalue weighted by Crippen LogP contribution is -2.11. The average molecular weight is 276 g/mol. The normalized spacial score (nSPS) is 10.0. The monoisotopic (exact) mass is 276 g/mol. The summed E-state index contributed by atoms with van der Waals surface area (Å²) in [5, 5.41) is 21.6. The molecule has 20 heavy (non-hydrogen) atoms. The second kappa shape index (κ2) is 5.22. The van der Waals surface area contributed by atoms with E-state index in [9.17, 15) is 19.7 Å². The number of aromatic carboxylic acids is 1. The van der Waals surface area contributed by atoms with Gasteiger partial charge in [0, 0.05) is 5.69 Å². The van der Waals surface area contributed by atoms with E-state index < -0.39 is 22.7 Å². The van der Waals surface area contributed by atoms with Gasteiger partial charge in [0.1, 0.15) is 4.92 Å². The van der Waals surface area contributed by atoms with Crippen LogP contribution in [0.5, 0.6) is 0 Å². The number of hydrogen-bond donors (Lipinski definition) is 2. The summed E-state index contributed by atoms with van der Waals surface area (Å²) in [6, 6.07) is 7.80. The molecule has 8 nitrogen and oxygen atoms in total. The molecule has 0 saturated heterocycles. The molecule has 2 N–H and O–H groups in total. The number of benzene rings is 1. The minimum Gasteiger partial charge on any atom is -0.478 e. The fourth-order valence-corrected chi connectivity index (χ4v) is 1.47. The van der Waals surface area contributed by atoms with Crippen LogP contribution in [0, 0.1) is 10.1 Å². The first-order chi connectivity index (χ1) is 9.47. The molecule has 0 fully saturated rings. The molecule has 0 aliphatic heterocycles. The van der Waals surface area contributed by atoms with E-state index in [0.29, 0.717) is 0 Å². The highest BCUT2D eigenvalue weighted by Crippen LogP contribution is 2.17. The van der Waals surface area contributed by atoms with Gasteiger partial charge in [0.15, 0.2) is 5.76 Å². The number of anilines is 1. The standard InChI is InChI=1S/C12H8N2O6/c15-11(9-4-5-10(20-9)14(18)19)13-8-3-1-2-7(6-8)12(16)17/h1-6H,(H,13,15)(H,16,17). The Morgan fingerprint density at radius 1 is 1.25 bits per heavy atom. The van der Waals surface area contributed by atoms with Gasteiger partial charge in [-0.1, -0.05) is 6.07 Å². The molecule has 0 atom stereocenters. The van der Waals surface area contributed by atoms with Crippen LogP contribution < -0.4 is 5.32 Å². The summed E-state index contributed by atoms with van der Waals surface area (Å²) in [5.74, 6) is -2.62. The molecule has 0 spiro atoms. The zero-order valence-electron chi connectivity index (χ0n) is 9.90. The summed E-state index contributed by atoms with van der Waals surface area (Å²) in [6.07, 6.45) is 0. The first-order valence-corrected chi connectivity index (χ1v) is 5.36. The molecule has 2 aromatic rings. The van der Waals surface area contributed by atoms with E-state index in [1.807, 2.05) is 0 Å². The molecule has 1 heterocycles. The van der Waals surface area contributed by atoms with Crippen LogP contribution in [-0.2, 0) is 0 Å². The van der Waals surface area contributed by atoms with E-state index in [1.165, 1.54) is 24.3 Å². The van der Waals surface area contributed by atoms with Crippen LogP contribution in [0.1, 0.15) is 20.9 Å². The lowest BCUT2D eigenvalue weighted by molar-refractivity contribution is -0.402. The van der Waals surface area contributed by atoms with Crippen LogP contribution in [0.15, 0.2) is 40.8 Å². The van der Waals surface area contributed by atoms with Crippen LogP contribution >= 0.6 is 0 Å². The molecule has 0 bridgehead atoms.